The van der Waals surface area contributed by atoms with E-state index in [4.69, 9.17) is 27.9 Å². The lowest BCUT2D eigenvalue weighted by atomic mass is 10.1. The largest absolute Gasteiger partial charge is 0.489 e. The van der Waals surface area contributed by atoms with Crippen LogP contribution in [0, 0.1) is 0 Å². The van der Waals surface area contributed by atoms with Crippen LogP contribution in [0.15, 0.2) is 72.8 Å². The van der Waals surface area contributed by atoms with Gasteiger partial charge < -0.3 is 10.1 Å². The summed E-state index contributed by atoms with van der Waals surface area (Å²) in [5.74, 6) is 0.836. The molecule has 4 heteroatoms. The summed E-state index contributed by atoms with van der Waals surface area (Å²) >= 11 is 12.0. The summed E-state index contributed by atoms with van der Waals surface area (Å²) in [5, 5.41) is 4.64. The number of halogens is 2. The van der Waals surface area contributed by atoms with Crippen LogP contribution in [-0.4, -0.2) is 0 Å². The second kappa shape index (κ2) is 9.09. The molecule has 2 nitrogen and oxygen atoms in total. The summed E-state index contributed by atoms with van der Waals surface area (Å²) in [4.78, 5) is 0. The van der Waals surface area contributed by atoms with Crippen molar-refractivity contribution >= 4 is 23.2 Å². The molecule has 1 atom stereocenters. The molecule has 3 rings (SSSR count). The summed E-state index contributed by atoms with van der Waals surface area (Å²) in [7, 11) is 0. The number of ether oxygens (including phenoxy) is 1. The zero-order valence-electron chi connectivity index (χ0n) is 14.6. The molecular weight excluding hydrogens is 365 g/mol. The maximum Gasteiger partial charge on any atom is 0.120 e. The summed E-state index contributed by atoms with van der Waals surface area (Å²) < 4.78 is 5.89. The average Bonchev–Trinajstić information content (AvgIpc) is 2.68. The van der Waals surface area contributed by atoms with Crippen LogP contribution >= 0.6 is 23.2 Å². The van der Waals surface area contributed by atoms with Crippen molar-refractivity contribution in [3.05, 3.63) is 99.5 Å². The van der Waals surface area contributed by atoms with E-state index in [0.29, 0.717) is 16.7 Å². The van der Waals surface area contributed by atoms with Crippen molar-refractivity contribution in [2.24, 2.45) is 0 Å². The minimum atomic E-state index is 0.289. The first-order chi connectivity index (χ1) is 12.6. The summed E-state index contributed by atoms with van der Waals surface area (Å²) in [6.45, 7) is 3.40. The van der Waals surface area contributed by atoms with Crippen LogP contribution in [0.2, 0.25) is 10.0 Å². The molecule has 0 saturated carbocycles. The van der Waals surface area contributed by atoms with Gasteiger partial charge in [-0.15, -0.1) is 0 Å². The summed E-state index contributed by atoms with van der Waals surface area (Å²) in [5.41, 5.74) is 3.44. The third kappa shape index (κ3) is 5.25. The fraction of sp³-hybridized carbons (Fsp3) is 0.182. The van der Waals surface area contributed by atoms with Crippen LogP contribution in [0.25, 0.3) is 0 Å². The molecule has 134 valence electrons. The molecule has 0 aliphatic rings. The van der Waals surface area contributed by atoms with Crippen LogP contribution in [-0.2, 0) is 13.2 Å². The Morgan fingerprint density at radius 1 is 0.846 bits per heavy atom. The summed E-state index contributed by atoms with van der Waals surface area (Å²) in [6.07, 6.45) is 0. The SMILES string of the molecule is C[C@H](NCc1cccc(OCc2ccc(Cl)c(Cl)c2)c1)c1ccccc1. The smallest absolute Gasteiger partial charge is 0.120 e. The lowest BCUT2D eigenvalue weighted by Crippen LogP contribution is -2.17. The topological polar surface area (TPSA) is 21.3 Å². The minimum absolute atomic E-state index is 0.289. The third-order valence-electron chi connectivity index (χ3n) is 4.20. The Kier molecular flexibility index (Phi) is 6.56. The van der Waals surface area contributed by atoms with Gasteiger partial charge in [-0.1, -0.05) is 71.7 Å². The van der Waals surface area contributed by atoms with Crippen LogP contribution in [0.1, 0.15) is 29.7 Å². The van der Waals surface area contributed by atoms with E-state index in [-0.39, 0.29) is 6.04 Å². The Bertz CT molecular complexity index is 852. The molecule has 0 aliphatic heterocycles. The van der Waals surface area contributed by atoms with Crippen molar-refractivity contribution in [1.82, 2.24) is 5.32 Å². The first kappa shape index (κ1) is 18.8. The van der Waals surface area contributed by atoms with E-state index < -0.39 is 0 Å². The molecule has 0 radical (unpaired) electrons. The van der Waals surface area contributed by atoms with Gasteiger partial charge in [-0.3, -0.25) is 0 Å². The van der Waals surface area contributed by atoms with Gasteiger partial charge in [0.1, 0.15) is 12.4 Å². The molecule has 0 bridgehead atoms. The van der Waals surface area contributed by atoms with Crippen molar-refractivity contribution in [3.8, 4) is 5.75 Å². The normalized spacial score (nSPS) is 12.0. The highest BCUT2D eigenvalue weighted by Crippen LogP contribution is 2.24. The molecule has 26 heavy (non-hydrogen) atoms. The molecule has 0 aromatic heterocycles. The van der Waals surface area contributed by atoms with Crippen LogP contribution in [0.5, 0.6) is 5.75 Å². The minimum Gasteiger partial charge on any atom is -0.489 e. The lowest BCUT2D eigenvalue weighted by molar-refractivity contribution is 0.306. The fourth-order valence-electron chi connectivity index (χ4n) is 2.67. The highest BCUT2D eigenvalue weighted by atomic mass is 35.5. The molecule has 3 aromatic carbocycles. The van der Waals surface area contributed by atoms with Gasteiger partial charge in [0.2, 0.25) is 0 Å². The molecule has 1 N–H and O–H groups in total. The van der Waals surface area contributed by atoms with Gasteiger partial charge >= 0.3 is 0 Å². The van der Waals surface area contributed by atoms with Crippen molar-refractivity contribution in [1.29, 1.82) is 0 Å². The van der Waals surface area contributed by atoms with Gasteiger partial charge in [0.15, 0.2) is 0 Å². The second-order valence-corrected chi connectivity index (χ2v) is 7.01. The number of nitrogens with one attached hydrogen (secondary N) is 1. The van der Waals surface area contributed by atoms with E-state index in [0.717, 1.165) is 17.9 Å². The van der Waals surface area contributed by atoms with Crippen molar-refractivity contribution in [2.45, 2.75) is 26.1 Å². The molecule has 0 saturated heterocycles. The molecular formula is C22H21Cl2NO. The van der Waals surface area contributed by atoms with E-state index in [1.165, 1.54) is 11.1 Å². The first-order valence-corrected chi connectivity index (χ1v) is 9.31. The van der Waals surface area contributed by atoms with Crippen molar-refractivity contribution in [3.63, 3.8) is 0 Å². The highest BCUT2D eigenvalue weighted by molar-refractivity contribution is 6.42. The van der Waals surface area contributed by atoms with Crippen LogP contribution in [0.3, 0.4) is 0 Å². The zero-order chi connectivity index (χ0) is 18.4. The molecule has 3 aromatic rings. The Balaban J connectivity index is 1.56. The van der Waals surface area contributed by atoms with Gasteiger partial charge in [0.25, 0.3) is 0 Å². The van der Waals surface area contributed by atoms with E-state index >= 15 is 0 Å². The molecule has 0 heterocycles. The number of hydrogen-bond acceptors (Lipinski definition) is 2. The molecule has 0 amide bonds. The average molecular weight is 386 g/mol. The third-order valence-corrected chi connectivity index (χ3v) is 4.94. The van der Waals surface area contributed by atoms with E-state index in [1.54, 1.807) is 6.07 Å². The van der Waals surface area contributed by atoms with Crippen molar-refractivity contribution < 1.29 is 4.74 Å². The van der Waals surface area contributed by atoms with E-state index in [1.807, 2.05) is 30.3 Å². The fourth-order valence-corrected chi connectivity index (χ4v) is 2.99. The number of hydrogen-bond donors (Lipinski definition) is 1. The lowest BCUT2D eigenvalue weighted by Gasteiger charge is -2.15. The predicted molar refractivity (Wildman–Crippen MR) is 109 cm³/mol. The highest BCUT2D eigenvalue weighted by Gasteiger charge is 2.05. The van der Waals surface area contributed by atoms with E-state index in [2.05, 4.69) is 48.6 Å². The van der Waals surface area contributed by atoms with Crippen LogP contribution < -0.4 is 10.1 Å². The maximum absolute atomic E-state index is 6.05. The Morgan fingerprint density at radius 3 is 2.42 bits per heavy atom. The van der Waals surface area contributed by atoms with Crippen molar-refractivity contribution in [2.75, 3.05) is 0 Å². The van der Waals surface area contributed by atoms with Gasteiger partial charge in [-0.25, -0.2) is 0 Å². The quantitative estimate of drug-likeness (QED) is 0.506. The van der Waals surface area contributed by atoms with Gasteiger partial charge in [0.05, 0.1) is 10.0 Å². The van der Waals surface area contributed by atoms with Gasteiger partial charge in [-0.05, 0) is 47.9 Å². The molecule has 0 aliphatic carbocycles. The second-order valence-electron chi connectivity index (χ2n) is 6.20. The van der Waals surface area contributed by atoms with E-state index in [9.17, 15) is 0 Å². The zero-order valence-corrected chi connectivity index (χ0v) is 16.1. The Labute approximate surface area is 164 Å². The standard InChI is InChI=1S/C22H21Cl2NO/c1-16(19-7-3-2-4-8-19)25-14-17-6-5-9-20(12-17)26-15-18-10-11-21(23)22(24)13-18/h2-13,16,25H,14-15H2,1H3/t16-/m0/s1. The first-order valence-electron chi connectivity index (χ1n) is 8.56. The number of rotatable bonds is 7. The Morgan fingerprint density at radius 2 is 1.65 bits per heavy atom. The Hall–Kier alpha value is -2.00. The monoisotopic (exact) mass is 385 g/mol. The molecule has 0 fully saturated rings. The maximum atomic E-state index is 6.05. The molecule has 0 spiro atoms. The van der Waals surface area contributed by atoms with Gasteiger partial charge in [-0.2, -0.15) is 0 Å². The summed E-state index contributed by atoms with van der Waals surface area (Å²) in [6, 6.07) is 24.4. The molecule has 0 unspecified atom stereocenters. The predicted octanol–water partition coefficient (Wildman–Crippen LogP) is 6.42. The number of benzene rings is 3. The van der Waals surface area contributed by atoms with Gasteiger partial charge in [0, 0.05) is 12.6 Å². The van der Waals surface area contributed by atoms with Crippen LogP contribution in [0.4, 0.5) is 0 Å².